The molecule has 11 heteroatoms. The third-order valence-corrected chi connectivity index (χ3v) is 13.2. The third-order valence-electron chi connectivity index (χ3n) is 13.2. The molecule has 13 aromatic rings. The number of nitrogens with zero attached hydrogens (tertiary/aromatic N) is 11. The smallest absolute Gasteiger partial charge is 0.166 e. The standard InChI is InChI=1S/C61H43N11/c1-36-62-37(2)65-59(64-36)43-27-30-48-49-31-28-44(60-66-38(3)63-39(4)67-60)35-55(49)72(54(48)34-43)53-32-29-42(46-24-16-25-50-47-23-14-15-26-52(47)71(56(46)50)45-21-12-7-13-22-45)33-51(53)61-69-57(40-17-8-5-9-18-40)68-58(70-61)41-19-10-6-11-20-41/h5-35H,1-4H3. The molecule has 0 saturated carbocycles. The van der Waals surface area contributed by atoms with E-state index in [1.165, 1.54) is 5.39 Å². The molecule has 342 valence electrons. The average Bonchev–Trinajstić information content (AvgIpc) is 3.93. The van der Waals surface area contributed by atoms with E-state index in [-0.39, 0.29) is 0 Å². The van der Waals surface area contributed by atoms with Gasteiger partial charge in [0, 0.05) is 60.6 Å². The molecule has 0 N–H and O–H groups in total. The molecule has 0 fully saturated rings. The first-order valence-corrected chi connectivity index (χ1v) is 23.9. The second kappa shape index (κ2) is 17.1. The zero-order valence-electron chi connectivity index (χ0n) is 39.8. The van der Waals surface area contributed by atoms with Crippen molar-refractivity contribution >= 4 is 43.6 Å². The van der Waals surface area contributed by atoms with Crippen molar-refractivity contribution in [3.05, 3.63) is 211 Å². The van der Waals surface area contributed by atoms with Crippen LogP contribution in [0.3, 0.4) is 0 Å². The predicted octanol–water partition coefficient (Wildman–Crippen LogP) is 13.7. The summed E-state index contributed by atoms with van der Waals surface area (Å²) in [6.07, 6.45) is 0. The van der Waals surface area contributed by atoms with Gasteiger partial charge in [-0.15, -0.1) is 0 Å². The van der Waals surface area contributed by atoms with Gasteiger partial charge in [-0.25, -0.2) is 44.9 Å². The fraction of sp³-hybridized carbons (Fsp3) is 0.0656. The molecule has 0 spiro atoms. The molecule has 0 amide bonds. The van der Waals surface area contributed by atoms with Crippen LogP contribution in [0.25, 0.3) is 123 Å². The first kappa shape index (κ1) is 42.5. The van der Waals surface area contributed by atoms with Gasteiger partial charge >= 0.3 is 0 Å². The highest BCUT2D eigenvalue weighted by Crippen LogP contribution is 2.43. The van der Waals surface area contributed by atoms with Gasteiger partial charge in [-0.2, -0.15) is 0 Å². The topological polar surface area (TPSA) is 126 Å². The summed E-state index contributed by atoms with van der Waals surface area (Å²) < 4.78 is 4.69. The molecule has 72 heavy (non-hydrogen) atoms. The van der Waals surface area contributed by atoms with Gasteiger partial charge in [0.05, 0.1) is 27.8 Å². The van der Waals surface area contributed by atoms with Gasteiger partial charge in [0.1, 0.15) is 23.3 Å². The van der Waals surface area contributed by atoms with E-state index in [0.717, 1.165) is 88.5 Å². The fourth-order valence-electron chi connectivity index (χ4n) is 10.1. The fourth-order valence-corrected chi connectivity index (χ4v) is 10.1. The maximum Gasteiger partial charge on any atom is 0.166 e. The second-order valence-corrected chi connectivity index (χ2v) is 18.0. The van der Waals surface area contributed by atoms with Crippen molar-refractivity contribution in [2.45, 2.75) is 27.7 Å². The predicted molar refractivity (Wildman–Crippen MR) is 287 cm³/mol. The molecule has 0 unspecified atom stereocenters. The zero-order chi connectivity index (χ0) is 48.5. The molecule has 0 bridgehead atoms. The highest BCUT2D eigenvalue weighted by Gasteiger charge is 2.24. The minimum atomic E-state index is 0.519. The maximum atomic E-state index is 5.40. The summed E-state index contributed by atoms with van der Waals surface area (Å²) >= 11 is 0. The van der Waals surface area contributed by atoms with E-state index in [2.05, 4.69) is 146 Å². The Balaban J connectivity index is 1.15. The number of rotatable bonds is 8. The average molecular weight is 930 g/mol. The number of benzene rings is 8. The molecular formula is C61H43N11. The molecular weight excluding hydrogens is 887 g/mol. The monoisotopic (exact) mass is 929 g/mol. The number of hydrogen-bond donors (Lipinski definition) is 0. The molecule has 13 rings (SSSR count). The quantitative estimate of drug-likeness (QED) is 0.146. The van der Waals surface area contributed by atoms with Crippen LogP contribution in [0.4, 0.5) is 0 Å². The lowest BCUT2D eigenvalue weighted by Gasteiger charge is -2.18. The number of para-hydroxylation sites is 3. The largest absolute Gasteiger partial charge is 0.309 e. The van der Waals surface area contributed by atoms with Crippen LogP contribution in [0, 0.1) is 27.7 Å². The molecule has 0 radical (unpaired) electrons. The lowest BCUT2D eigenvalue weighted by molar-refractivity contribution is 0.928. The highest BCUT2D eigenvalue weighted by atomic mass is 15.1. The van der Waals surface area contributed by atoms with Crippen molar-refractivity contribution in [1.82, 2.24) is 54.0 Å². The minimum Gasteiger partial charge on any atom is -0.309 e. The van der Waals surface area contributed by atoms with Crippen molar-refractivity contribution in [3.8, 4) is 79.4 Å². The Bertz CT molecular complexity index is 4050. The maximum absolute atomic E-state index is 5.40. The van der Waals surface area contributed by atoms with E-state index >= 15 is 0 Å². The summed E-state index contributed by atoms with van der Waals surface area (Å²) in [5.74, 6) is 5.48. The number of aromatic nitrogens is 11. The van der Waals surface area contributed by atoms with Gasteiger partial charge in [-0.3, -0.25) is 0 Å². The van der Waals surface area contributed by atoms with Crippen LogP contribution in [-0.4, -0.2) is 54.0 Å². The Kier molecular flexibility index (Phi) is 10.1. The molecule has 8 aromatic carbocycles. The molecule has 5 aromatic heterocycles. The van der Waals surface area contributed by atoms with Gasteiger partial charge in [0.25, 0.3) is 0 Å². The van der Waals surface area contributed by atoms with E-state index in [0.29, 0.717) is 52.4 Å². The number of hydrogen-bond acceptors (Lipinski definition) is 9. The third kappa shape index (κ3) is 7.34. The van der Waals surface area contributed by atoms with Crippen LogP contribution < -0.4 is 0 Å². The van der Waals surface area contributed by atoms with Crippen LogP contribution in [0.15, 0.2) is 188 Å². The summed E-state index contributed by atoms with van der Waals surface area (Å²) in [5, 5.41) is 4.43. The van der Waals surface area contributed by atoms with Gasteiger partial charge in [-0.1, -0.05) is 146 Å². The van der Waals surface area contributed by atoms with Crippen LogP contribution >= 0.6 is 0 Å². The Morgan fingerprint density at radius 3 is 1.31 bits per heavy atom. The lowest BCUT2D eigenvalue weighted by Crippen LogP contribution is -2.04. The van der Waals surface area contributed by atoms with E-state index in [1.54, 1.807) is 0 Å². The summed E-state index contributed by atoms with van der Waals surface area (Å²) in [6.45, 7) is 7.59. The van der Waals surface area contributed by atoms with Crippen LogP contribution in [0.5, 0.6) is 0 Å². The highest BCUT2D eigenvalue weighted by molar-refractivity contribution is 6.14. The molecule has 5 heterocycles. The molecule has 0 aliphatic rings. The van der Waals surface area contributed by atoms with E-state index < -0.39 is 0 Å². The van der Waals surface area contributed by atoms with Gasteiger partial charge in [0.2, 0.25) is 0 Å². The Morgan fingerprint density at radius 2 is 0.736 bits per heavy atom. The number of fused-ring (bicyclic) bond motifs is 6. The molecule has 11 nitrogen and oxygen atoms in total. The summed E-state index contributed by atoms with van der Waals surface area (Å²) in [5.41, 5.74) is 12.4. The normalized spacial score (nSPS) is 11.6. The van der Waals surface area contributed by atoms with Gasteiger partial charge in [0.15, 0.2) is 29.1 Å². The van der Waals surface area contributed by atoms with Crippen molar-refractivity contribution in [2.75, 3.05) is 0 Å². The lowest BCUT2D eigenvalue weighted by atomic mass is 9.98. The van der Waals surface area contributed by atoms with Crippen molar-refractivity contribution in [1.29, 1.82) is 0 Å². The van der Waals surface area contributed by atoms with E-state index in [1.807, 2.05) is 88.4 Å². The summed E-state index contributed by atoms with van der Waals surface area (Å²) in [4.78, 5) is 44.2. The first-order chi connectivity index (χ1) is 35.3. The van der Waals surface area contributed by atoms with Crippen molar-refractivity contribution in [2.24, 2.45) is 0 Å². The second-order valence-electron chi connectivity index (χ2n) is 18.0. The molecule has 0 atom stereocenters. The number of aryl methyl sites for hydroxylation is 4. The summed E-state index contributed by atoms with van der Waals surface area (Å²) in [7, 11) is 0. The minimum absolute atomic E-state index is 0.519. The summed E-state index contributed by atoms with van der Waals surface area (Å²) in [6, 6.07) is 65.6. The van der Waals surface area contributed by atoms with Crippen molar-refractivity contribution in [3.63, 3.8) is 0 Å². The molecule has 0 aliphatic carbocycles. The first-order valence-electron chi connectivity index (χ1n) is 23.9. The van der Waals surface area contributed by atoms with Crippen molar-refractivity contribution < 1.29 is 0 Å². The van der Waals surface area contributed by atoms with Gasteiger partial charge in [-0.05, 0) is 75.7 Å². The van der Waals surface area contributed by atoms with E-state index in [9.17, 15) is 0 Å². The SMILES string of the molecule is Cc1nc(C)nc(-c2ccc3c4ccc(-c5nc(C)nc(C)n5)cc4n(-c4ccc(-c5cccc6c7ccccc7n(-c7ccccc7)c56)cc4-c4nc(-c5ccccc5)nc(-c5ccccc5)n4)c3c2)n1. The Morgan fingerprint density at radius 1 is 0.278 bits per heavy atom. The Labute approximate surface area is 414 Å². The van der Waals surface area contributed by atoms with E-state index in [4.69, 9.17) is 34.9 Å². The molecule has 0 saturated heterocycles. The van der Waals surface area contributed by atoms with Gasteiger partial charge < -0.3 is 9.13 Å². The van der Waals surface area contributed by atoms with Crippen LogP contribution in [0.1, 0.15) is 23.3 Å². The van der Waals surface area contributed by atoms with Crippen LogP contribution in [-0.2, 0) is 0 Å². The zero-order valence-corrected chi connectivity index (χ0v) is 39.8. The molecule has 0 aliphatic heterocycles. The Hall–Kier alpha value is -9.61. The van der Waals surface area contributed by atoms with Crippen LogP contribution in [0.2, 0.25) is 0 Å².